The van der Waals surface area contributed by atoms with Gasteiger partial charge in [-0.2, -0.15) is 0 Å². The van der Waals surface area contributed by atoms with E-state index in [-0.39, 0.29) is 5.91 Å². The fourth-order valence-electron chi connectivity index (χ4n) is 2.69. The number of hydrogen-bond donors (Lipinski definition) is 2. The number of methoxy groups -OCH3 is 1. The van der Waals surface area contributed by atoms with Gasteiger partial charge in [0.2, 0.25) is 5.91 Å². The third-order valence-corrected chi connectivity index (χ3v) is 3.99. The maximum absolute atomic E-state index is 12.2. The molecule has 1 aliphatic heterocycles. The molecule has 116 valence electrons. The van der Waals surface area contributed by atoms with E-state index in [2.05, 4.69) is 15.5 Å². The summed E-state index contributed by atoms with van der Waals surface area (Å²) in [4.78, 5) is 14.4. The van der Waals surface area contributed by atoms with Gasteiger partial charge in [0, 0.05) is 19.1 Å². The molecule has 0 spiro atoms. The highest BCUT2D eigenvalue weighted by Gasteiger charge is 2.20. The third kappa shape index (κ3) is 4.44. The monoisotopic (exact) mass is 291 g/mol. The number of piperidine rings is 1. The highest BCUT2D eigenvalue weighted by Crippen LogP contribution is 2.25. The van der Waals surface area contributed by atoms with Crippen LogP contribution in [0.3, 0.4) is 0 Å². The van der Waals surface area contributed by atoms with Gasteiger partial charge in [-0.3, -0.25) is 9.69 Å². The molecule has 1 saturated heterocycles. The quantitative estimate of drug-likeness (QED) is 0.866. The van der Waals surface area contributed by atoms with E-state index in [9.17, 15) is 4.79 Å². The number of likely N-dealkylation sites (tertiary alicyclic amines) is 1. The summed E-state index contributed by atoms with van der Waals surface area (Å²) in [6.07, 6.45) is 2.19. The molecule has 5 heteroatoms. The lowest BCUT2D eigenvalue weighted by atomic mass is 10.1. The molecule has 0 aromatic heterocycles. The molecule has 0 aliphatic carbocycles. The van der Waals surface area contributed by atoms with Crippen molar-refractivity contribution in [2.24, 2.45) is 0 Å². The second-order valence-corrected chi connectivity index (χ2v) is 5.59. The van der Waals surface area contributed by atoms with Gasteiger partial charge in [0.05, 0.1) is 19.3 Å². The van der Waals surface area contributed by atoms with E-state index >= 15 is 0 Å². The van der Waals surface area contributed by atoms with Crippen LogP contribution in [0.25, 0.3) is 0 Å². The first-order valence-electron chi connectivity index (χ1n) is 7.46. The number of aryl methyl sites for hydroxylation is 1. The highest BCUT2D eigenvalue weighted by molar-refractivity contribution is 5.93. The summed E-state index contributed by atoms with van der Waals surface area (Å²) in [5, 5.41) is 6.25. The summed E-state index contributed by atoms with van der Waals surface area (Å²) < 4.78 is 5.28. The molecule has 0 radical (unpaired) electrons. The van der Waals surface area contributed by atoms with Crippen molar-refractivity contribution < 1.29 is 9.53 Å². The molecule has 5 nitrogen and oxygen atoms in total. The van der Waals surface area contributed by atoms with E-state index in [0.717, 1.165) is 37.2 Å². The van der Waals surface area contributed by atoms with Crippen LogP contribution in [-0.4, -0.2) is 50.6 Å². The molecule has 1 amide bonds. The van der Waals surface area contributed by atoms with E-state index in [4.69, 9.17) is 4.74 Å². The molecule has 0 atom stereocenters. The number of benzene rings is 1. The Balaban J connectivity index is 1.89. The Labute approximate surface area is 126 Å². The summed E-state index contributed by atoms with van der Waals surface area (Å²) in [5.74, 6) is 0.713. The van der Waals surface area contributed by atoms with Gasteiger partial charge in [0.25, 0.3) is 0 Å². The van der Waals surface area contributed by atoms with Crippen LogP contribution < -0.4 is 15.4 Å². The van der Waals surface area contributed by atoms with Crippen molar-refractivity contribution in [1.29, 1.82) is 0 Å². The zero-order valence-corrected chi connectivity index (χ0v) is 13.1. The predicted octanol–water partition coefficient (Wildman–Crippen LogP) is 1.63. The minimum atomic E-state index is 0.0156. The first-order chi connectivity index (χ1) is 10.1. The van der Waals surface area contributed by atoms with Crippen molar-refractivity contribution in [2.45, 2.75) is 25.8 Å². The normalized spacial score (nSPS) is 16.7. The smallest absolute Gasteiger partial charge is 0.238 e. The molecule has 0 unspecified atom stereocenters. The molecule has 2 rings (SSSR count). The average Bonchev–Trinajstić information content (AvgIpc) is 2.48. The number of carbonyl (C=O) groups is 1. The first-order valence-corrected chi connectivity index (χ1v) is 7.46. The molecule has 1 aromatic rings. The van der Waals surface area contributed by atoms with Crippen LogP contribution in [0.1, 0.15) is 18.4 Å². The molecular formula is C16H25N3O2. The third-order valence-electron chi connectivity index (χ3n) is 3.99. The Morgan fingerprint density at radius 3 is 2.71 bits per heavy atom. The van der Waals surface area contributed by atoms with Gasteiger partial charge in [-0.15, -0.1) is 0 Å². The van der Waals surface area contributed by atoms with Crippen LogP contribution in [0.5, 0.6) is 5.75 Å². The van der Waals surface area contributed by atoms with Gasteiger partial charge in [-0.1, -0.05) is 6.07 Å². The fraction of sp³-hybridized carbons (Fsp3) is 0.562. The maximum atomic E-state index is 12.2. The Morgan fingerprint density at radius 2 is 2.10 bits per heavy atom. The van der Waals surface area contributed by atoms with Gasteiger partial charge in [0.15, 0.2) is 0 Å². The molecular weight excluding hydrogens is 266 g/mol. The Bertz CT molecular complexity index is 482. The van der Waals surface area contributed by atoms with Crippen LogP contribution in [0, 0.1) is 6.92 Å². The van der Waals surface area contributed by atoms with E-state index in [0.29, 0.717) is 18.3 Å². The summed E-state index contributed by atoms with van der Waals surface area (Å²) in [5.41, 5.74) is 1.84. The van der Waals surface area contributed by atoms with Gasteiger partial charge in [-0.25, -0.2) is 0 Å². The minimum absolute atomic E-state index is 0.0156. The van der Waals surface area contributed by atoms with Crippen LogP contribution in [0.2, 0.25) is 0 Å². The van der Waals surface area contributed by atoms with Crippen molar-refractivity contribution in [3.63, 3.8) is 0 Å². The number of nitrogens with zero attached hydrogens (tertiary/aromatic N) is 1. The van der Waals surface area contributed by atoms with Crippen molar-refractivity contribution in [3.05, 3.63) is 23.8 Å². The Morgan fingerprint density at radius 1 is 1.38 bits per heavy atom. The standard InChI is InChI=1S/C16H25N3O2/c1-12-4-5-15(21-3)14(10-12)18-16(20)11-19-8-6-13(17-2)7-9-19/h4-5,10,13,17H,6-9,11H2,1-3H3,(H,18,20). The van der Waals surface area contributed by atoms with Crippen molar-refractivity contribution in [3.8, 4) is 5.75 Å². The summed E-state index contributed by atoms with van der Waals surface area (Å²) >= 11 is 0. The highest BCUT2D eigenvalue weighted by atomic mass is 16.5. The van der Waals surface area contributed by atoms with Gasteiger partial charge in [-0.05, 0) is 44.5 Å². The first kappa shape index (κ1) is 15.8. The van der Waals surface area contributed by atoms with E-state index in [1.165, 1.54) is 0 Å². The molecule has 2 N–H and O–H groups in total. The van der Waals surface area contributed by atoms with Gasteiger partial charge < -0.3 is 15.4 Å². The summed E-state index contributed by atoms with van der Waals surface area (Å²) in [7, 11) is 3.61. The average molecular weight is 291 g/mol. The number of ether oxygens (including phenoxy) is 1. The summed E-state index contributed by atoms with van der Waals surface area (Å²) in [6.45, 7) is 4.36. The number of anilines is 1. The number of amides is 1. The summed E-state index contributed by atoms with van der Waals surface area (Å²) in [6, 6.07) is 6.37. The Kier molecular flexibility index (Phi) is 5.59. The molecule has 1 aromatic carbocycles. The van der Waals surface area contributed by atoms with Gasteiger partial charge in [0.1, 0.15) is 5.75 Å². The molecule has 1 aliphatic rings. The van der Waals surface area contributed by atoms with E-state index in [1.54, 1.807) is 7.11 Å². The second-order valence-electron chi connectivity index (χ2n) is 5.59. The van der Waals surface area contributed by atoms with E-state index in [1.807, 2.05) is 32.2 Å². The Hall–Kier alpha value is -1.59. The van der Waals surface area contributed by atoms with Gasteiger partial charge >= 0.3 is 0 Å². The molecule has 1 heterocycles. The number of carbonyl (C=O) groups excluding carboxylic acids is 1. The lowest BCUT2D eigenvalue weighted by Gasteiger charge is -2.31. The topological polar surface area (TPSA) is 53.6 Å². The SMILES string of the molecule is CNC1CCN(CC(=O)Nc2cc(C)ccc2OC)CC1. The minimum Gasteiger partial charge on any atom is -0.495 e. The fourth-order valence-corrected chi connectivity index (χ4v) is 2.69. The zero-order chi connectivity index (χ0) is 15.2. The molecule has 0 saturated carbocycles. The largest absolute Gasteiger partial charge is 0.495 e. The van der Waals surface area contributed by atoms with Crippen LogP contribution >= 0.6 is 0 Å². The number of rotatable bonds is 5. The molecule has 0 bridgehead atoms. The van der Waals surface area contributed by atoms with Crippen molar-refractivity contribution in [1.82, 2.24) is 10.2 Å². The van der Waals surface area contributed by atoms with E-state index < -0.39 is 0 Å². The number of nitrogens with one attached hydrogen (secondary N) is 2. The van der Waals surface area contributed by atoms with Crippen LogP contribution in [0.15, 0.2) is 18.2 Å². The molecule has 1 fully saturated rings. The van der Waals surface area contributed by atoms with Crippen molar-refractivity contribution >= 4 is 11.6 Å². The van der Waals surface area contributed by atoms with Crippen molar-refractivity contribution in [2.75, 3.05) is 39.1 Å². The lowest BCUT2D eigenvalue weighted by Crippen LogP contribution is -2.44. The maximum Gasteiger partial charge on any atom is 0.238 e. The second kappa shape index (κ2) is 7.43. The molecule has 21 heavy (non-hydrogen) atoms. The van der Waals surface area contributed by atoms with Crippen LogP contribution in [0.4, 0.5) is 5.69 Å². The van der Waals surface area contributed by atoms with Crippen LogP contribution in [-0.2, 0) is 4.79 Å². The lowest BCUT2D eigenvalue weighted by molar-refractivity contribution is -0.117. The zero-order valence-electron chi connectivity index (χ0n) is 13.1. The number of hydrogen-bond acceptors (Lipinski definition) is 4. The predicted molar refractivity (Wildman–Crippen MR) is 84.9 cm³/mol.